The van der Waals surface area contributed by atoms with E-state index in [9.17, 15) is 26.7 Å². The number of benzene rings is 1. The van der Waals surface area contributed by atoms with Crippen LogP contribution < -0.4 is 5.32 Å². The van der Waals surface area contributed by atoms with E-state index in [1.165, 1.54) is 12.3 Å². The van der Waals surface area contributed by atoms with Crippen LogP contribution in [0, 0.1) is 46.3 Å². The van der Waals surface area contributed by atoms with Crippen molar-refractivity contribution in [3.63, 3.8) is 0 Å². The maximum atomic E-state index is 14.1. The number of nitrogens with zero attached hydrogens (tertiary/aromatic N) is 5. The summed E-state index contributed by atoms with van der Waals surface area (Å²) in [5.41, 5.74) is -2.00. The molecule has 190 valence electrons. The van der Waals surface area contributed by atoms with E-state index >= 15 is 0 Å². The van der Waals surface area contributed by atoms with Gasteiger partial charge in [-0.15, -0.1) is 5.10 Å². The van der Waals surface area contributed by atoms with E-state index in [1.807, 2.05) is 0 Å². The van der Waals surface area contributed by atoms with Crippen molar-refractivity contribution in [3.8, 4) is 0 Å². The van der Waals surface area contributed by atoms with Gasteiger partial charge >= 0.3 is 0 Å². The van der Waals surface area contributed by atoms with Crippen LogP contribution in [0.2, 0.25) is 5.28 Å². The highest BCUT2D eigenvalue weighted by atomic mass is 35.5. The summed E-state index contributed by atoms with van der Waals surface area (Å²) in [5, 5.41) is 11.4. The molecule has 3 aromatic rings. The Labute approximate surface area is 206 Å². The third kappa shape index (κ3) is 3.52. The number of carbonyl (C=O) groups excluding carboxylic acids is 1. The molecule has 0 aliphatic heterocycles. The van der Waals surface area contributed by atoms with Crippen LogP contribution in [0.1, 0.15) is 44.1 Å². The van der Waals surface area contributed by atoms with E-state index in [2.05, 4.69) is 20.5 Å². The lowest BCUT2D eigenvalue weighted by Gasteiger charge is -2.60. The zero-order valence-electron chi connectivity index (χ0n) is 18.7. The van der Waals surface area contributed by atoms with Gasteiger partial charge in [0.05, 0.1) is 23.1 Å². The average molecular weight is 527 g/mol. The molecule has 4 fully saturated rings. The molecular weight excluding hydrogens is 507 g/mol. The van der Waals surface area contributed by atoms with E-state index < -0.39 is 46.6 Å². The molecule has 0 spiro atoms. The van der Waals surface area contributed by atoms with Crippen LogP contribution in [0.15, 0.2) is 18.6 Å². The number of halogens is 6. The first-order valence-corrected chi connectivity index (χ1v) is 11.9. The molecule has 36 heavy (non-hydrogen) atoms. The highest BCUT2D eigenvalue weighted by molar-refractivity contribution is 6.28. The molecule has 7 nitrogen and oxygen atoms in total. The molecule has 1 aromatic carbocycles. The molecule has 2 atom stereocenters. The summed E-state index contributed by atoms with van der Waals surface area (Å²) in [5.74, 6) is -9.48. The quantitative estimate of drug-likeness (QED) is 0.294. The normalized spacial score (nSPS) is 28.6. The van der Waals surface area contributed by atoms with Crippen molar-refractivity contribution in [2.24, 2.45) is 17.3 Å². The van der Waals surface area contributed by atoms with Gasteiger partial charge in [-0.2, -0.15) is 5.10 Å². The van der Waals surface area contributed by atoms with Crippen molar-refractivity contribution in [1.82, 2.24) is 24.5 Å². The Morgan fingerprint density at radius 3 is 2.25 bits per heavy atom. The molecule has 2 aromatic heterocycles. The third-order valence-corrected chi connectivity index (χ3v) is 8.14. The lowest BCUT2D eigenvalue weighted by atomic mass is 9.46. The van der Waals surface area contributed by atoms with E-state index in [0.29, 0.717) is 18.3 Å². The second-order valence-electron chi connectivity index (χ2n) is 10.3. The first-order chi connectivity index (χ1) is 17.1. The van der Waals surface area contributed by atoms with Gasteiger partial charge in [-0.1, -0.05) is 0 Å². The Morgan fingerprint density at radius 1 is 1.00 bits per heavy atom. The van der Waals surface area contributed by atoms with Crippen molar-refractivity contribution in [2.75, 3.05) is 5.32 Å². The summed E-state index contributed by atoms with van der Waals surface area (Å²) in [4.78, 5) is 17.6. The van der Waals surface area contributed by atoms with Crippen molar-refractivity contribution < 1.29 is 26.7 Å². The highest BCUT2D eigenvalue weighted by Gasteiger charge is 2.61. The van der Waals surface area contributed by atoms with Crippen molar-refractivity contribution in [1.29, 1.82) is 0 Å². The Bertz CT molecular complexity index is 1350. The minimum absolute atomic E-state index is 0.123. The van der Waals surface area contributed by atoms with E-state index in [0.717, 1.165) is 36.8 Å². The Morgan fingerprint density at radius 2 is 1.64 bits per heavy atom. The van der Waals surface area contributed by atoms with E-state index in [4.69, 9.17) is 11.6 Å². The molecule has 13 heteroatoms. The summed E-state index contributed by atoms with van der Waals surface area (Å²) >= 11 is 5.97. The van der Waals surface area contributed by atoms with E-state index in [-0.39, 0.29) is 22.5 Å². The summed E-state index contributed by atoms with van der Waals surface area (Å²) in [6, 6.07) is 1.41. The molecule has 4 aliphatic rings. The van der Waals surface area contributed by atoms with Crippen LogP contribution in [0.5, 0.6) is 0 Å². The summed E-state index contributed by atoms with van der Waals surface area (Å²) < 4.78 is 71.3. The van der Waals surface area contributed by atoms with Gasteiger partial charge in [-0.05, 0) is 62.0 Å². The predicted molar refractivity (Wildman–Crippen MR) is 116 cm³/mol. The Hall–Kier alpha value is -3.02. The number of carbonyl (C=O) groups is 1. The van der Waals surface area contributed by atoms with Crippen LogP contribution in [-0.4, -0.2) is 30.5 Å². The fourth-order valence-electron chi connectivity index (χ4n) is 6.94. The van der Waals surface area contributed by atoms with Gasteiger partial charge in [-0.25, -0.2) is 31.6 Å². The minimum Gasteiger partial charge on any atom is -0.309 e. The van der Waals surface area contributed by atoms with E-state index in [1.54, 1.807) is 11.0 Å². The number of aromatic nitrogens is 5. The first kappa shape index (κ1) is 23.4. The highest BCUT2D eigenvalue weighted by Crippen LogP contribution is 2.64. The standard InChI is InChI=1S/C23H20ClF5N6O/c24-21-30-10-35(33-21)23-6-11-3-12(7-23)5-22(4-11,9-23)20(36)31-14-1-2-34(32-14)8-13-15(25)17(27)19(29)18(28)16(13)26/h1-2,10-12H,3-9H2,(H,31,32,36). The topological polar surface area (TPSA) is 77.6 Å². The molecule has 7 rings (SSSR count). The van der Waals surface area contributed by atoms with Gasteiger partial charge in [-0.3, -0.25) is 9.48 Å². The number of amides is 1. The summed E-state index contributed by atoms with van der Waals surface area (Å²) in [6.45, 7) is -0.701. The van der Waals surface area contributed by atoms with Crippen LogP contribution in [0.3, 0.4) is 0 Å². The van der Waals surface area contributed by atoms with Crippen LogP contribution in [0.25, 0.3) is 0 Å². The first-order valence-electron chi connectivity index (χ1n) is 11.5. The largest absolute Gasteiger partial charge is 0.309 e. The number of anilines is 1. The minimum atomic E-state index is -2.22. The maximum absolute atomic E-state index is 14.1. The number of hydrogen-bond donors (Lipinski definition) is 1. The lowest BCUT2D eigenvalue weighted by Crippen LogP contribution is -2.60. The van der Waals surface area contributed by atoms with Gasteiger partial charge in [0.1, 0.15) is 6.33 Å². The molecule has 1 amide bonds. The number of nitrogens with one attached hydrogen (secondary N) is 1. The van der Waals surface area contributed by atoms with Gasteiger partial charge in [0.15, 0.2) is 29.1 Å². The smallest absolute Gasteiger partial charge is 0.242 e. The molecule has 0 saturated heterocycles. The number of hydrogen-bond acceptors (Lipinski definition) is 4. The predicted octanol–water partition coefficient (Wildman–Crippen LogP) is 4.81. The van der Waals surface area contributed by atoms with Gasteiger partial charge in [0.2, 0.25) is 17.0 Å². The maximum Gasteiger partial charge on any atom is 0.242 e. The second-order valence-corrected chi connectivity index (χ2v) is 10.7. The number of rotatable bonds is 5. The molecule has 4 saturated carbocycles. The fraction of sp³-hybridized carbons (Fsp3) is 0.478. The van der Waals surface area contributed by atoms with Crippen LogP contribution in [-0.2, 0) is 16.9 Å². The molecule has 4 aliphatic carbocycles. The third-order valence-electron chi connectivity index (χ3n) is 7.96. The molecular formula is C23H20ClF5N6O. The molecule has 2 unspecified atom stereocenters. The summed E-state index contributed by atoms with van der Waals surface area (Å²) in [6.07, 6.45) is 7.78. The van der Waals surface area contributed by atoms with Crippen LogP contribution >= 0.6 is 11.6 Å². The van der Waals surface area contributed by atoms with Gasteiger partial charge < -0.3 is 5.32 Å². The molecule has 4 bridgehead atoms. The average Bonchev–Trinajstić information content (AvgIpc) is 3.47. The lowest BCUT2D eigenvalue weighted by molar-refractivity contribution is -0.150. The molecule has 0 radical (unpaired) electrons. The molecule has 2 heterocycles. The molecule has 1 N–H and O–H groups in total. The second kappa shape index (κ2) is 7.99. The van der Waals surface area contributed by atoms with Crippen molar-refractivity contribution >= 4 is 23.3 Å². The zero-order valence-corrected chi connectivity index (χ0v) is 19.5. The summed E-state index contributed by atoms with van der Waals surface area (Å²) in [7, 11) is 0. The zero-order chi connectivity index (χ0) is 25.4. The monoisotopic (exact) mass is 526 g/mol. The van der Waals surface area contributed by atoms with Crippen LogP contribution in [0.4, 0.5) is 27.8 Å². The van der Waals surface area contributed by atoms with Gasteiger partial charge in [0, 0.05) is 12.3 Å². The Balaban J connectivity index is 1.23. The SMILES string of the molecule is O=C(Nc1ccn(Cc2c(F)c(F)c(F)c(F)c2F)n1)C12CC3CC(C1)CC(n1cnc(Cl)n1)(C3)C2. The Kier molecular flexibility index (Phi) is 5.19. The fourth-order valence-corrected chi connectivity index (χ4v) is 7.06. The van der Waals surface area contributed by atoms with Crippen molar-refractivity contribution in [3.05, 3.63) is 58.5 Å². The van der Waals surface area contributed by atoms with Crippen molar-refractivity contribution in [2.45, 2.75) is 50.6 Å². The van der Waals surface area contributed by atoms with Gasteiger partial charge in [0.25, 0.3) is 0 Å².